The van der Waals surface area contributed by atoms with Crippen LogP contribution in [0.25, 0.3) is 0 Å². The van der Waals surface area contributed by atoms with Crippen LogP contribution in [0.5, 0.6) is 0 Å². The van der Waals surface area contributed by atoms with Gasteiger partial charge in [0.1, 0.15) is 12.7 Å². The molecule has 4 rings (SSSR count). The molecule has 2 fully saturated rings. The first-order valence-electron chi connectivity index (χ1n) is 11.8. The first-order valence-corrected chi connectivity index (χ1v) is 11.8. The highest BCUT2D eigenvalue weighted by molar-refractivity contribution is 5.77. The molecule has 0 radical (unpaired) electrons. The molecule has 0 aromatic heterocycles. The van der Waals surface area contributed by atoms with Crippen molar-refractivity contribution in [1.82, 2.24) is 5.32 Å². The van der Waals surface area contributed by atoms with Crippen LogP contribution in [0.1, 0.15) is 52.0 Å². The Balaban J connectivity index is 1.38. The number of amides is 1. The molecule has 5 nitrogen and oxygen atoms in total. The average molecular weight is 426 g/mol. The van der Waals surface area contributed by atoms with Crippen LogP contribution in [0.2, 0.25) is 0 Å². The highest BCUT2D eigenvalue weighted by Crippen LogP contribution is 2.45. The molecule has 1 aromatic rings. The van der Waals surface area contributed by atoms with E-state index >= 15 is 0 Å². The maximum absolute atomic E-state index is 13.3. The Kier molecular flexibility index (Phi) is 6.68. The number of hydrogen-bond acceptors (Lipinski definition) is 4. The third-order valence-corrected chi connectivity index (χ3v) is 7.46. The van der Waals surface area contributed by atoms with Crippen molar-refractivity contribution in [3.05, 3.63) is 48.0 Å². The van der Waals surface area contributed by atoms with Crippen molar-refractivity contribution in [2.24, 2.45) is 35.5 Å². The third kappa shape index (κ3) is 4.97. The van der Waals surface area contributed by atoms with E-state index in [2.05, 4.69) is 38.2 Å². The Hall–Kier alpha value is -2.30. The lowest BCUT2D eigenvalue weighted by Crippen LogP contribution is -2.47. The van der Waals surface area contributed by atoms with Crippen LogP contribution in [-0.2, 0) is 20.9 Å². The number of hydrogen-bond donors (Lipinski definition) is 1. The Morgan fingerprint density at radius 3 is 2.55 bits per heavy atom. The molecule has 1 N–H and O–H groups in total. The molecule has 0 aliphatic heterocycles. The van der Waals surface area contributed by atoms with Gasteiger partial charge in [-0.05, 0) is 54.4 Å². The van der Waals surface area contributed by atoms with Gasteiger partial charge in [-0.25, -0.2) is 4.79 Å². The molecule has 5 heteroatoms. The predicted molar refractivity (Wildman–Crippen MR) is 119 cm³/mol. The summed E-state index contributed by atoms with van der Waals surface area (Å²) in [4.78, 5) is 25.8. The van der Waals surface area contributed by atoms with Gasteiger partial charge in [-0.3, -0.25) is 4.79 Å². The topological polar surface area (TPSA) is 64.6 Å². The number of alkyl carbamates (subject to hydrolysis) is 1. The summed E-state index contributed by atoms with van der Waals surface area (Å²) in [5, 5.41) is 2.98. The Morgan fingerprint density at radius 2 is 1.81 bits per heavy atom. The molecule has 1 aromatic carbocycles. The minimum atomic E-state index is -0.473. The van der Waals surface area contributed by atoms with Gasteiger partial charge in [-0.2, -0.15) is 0 Å². The fraction of sp³-hybridized carbons (Fsp3) is 0.615. The summed E-state index contributed by atoms with van der Waals surface area (Å²) in [7, 11) is 0. The van der Waals surface area contributed by atoms with Crippen LogP contribution in [0.4, 0.5) is 4.79 Å². The normalized spacial score (nSPS) is 34.0. The van der Waals surface area contributed by atoms with Crippen LogP contribution < -0.4 is 5.32 Å². The summed E-state index contributed by atoms with van der Waals surface area (Å²) in [6.45, 7) is 6.89. The Bertz CT molecular complexity index is 805. The molecule has 0 spiro atoms. The summed E-state index contributed by atoms with van der Waals surface area (Å²) in [6.07, 6.45) is 7.88. The quantitative estimate of drug-likeness (QED) is 0.508. The van der Waals surface area contributed by atoms with Gasteiger partial charge in [-0.1, -0.05) is 69.7 Å². The Morgan fingerprint density at radius 1 is 1.06 bits per heavy atom. The number of benzene rings is 1. The number of esters is 1. The number of ether oxygens (including phenoxy) is 2. The molecule has 7 atom stereocenters. The molecule has 0 heterocycles. The minimum Gasteiger partial charge on any atom is -0.462 e. The average Bonchev–Trinajstić information content (AvgIpc) is 3.34. The smallest absolute Gasteiger partial charge is 0.407 e. The van der Waals surface area contributed by atoms with Gasteiger partial charge in [0.2, 0.25) is 0 Å². The maximum Gasteiger partial charge on any atom is 0.407 e. The second-order valence-corrected chi connectivity index (χ2v) is 10.0. The van der Waals surface area contributed by atoms with E-state index in [9.17, 15) is 9.59 Å². The summed E-state index contributed by atoms with van der Waals surface area (Å²) in [5.74, 6) is 1.30. The Labute approximate surface area is 185 Å². The lowest BCUT2D eigenvalue weighted by molar-refractivity contribution is -0.162. The molecule has 0 saturated heterocycles. The van der Waals surface area contributed by atoms with Crippen LogP contribution in [-0.4, -0.2) is 24.2 Å². The van der Waals surface area contributed by atoms with E-state index in [-0.39, 0.29) is 42.5 Å². The number of carbonyl (C=O) groups is 2. The molecular weight excluding hydrogens is 390 g/mol. The summed E-state index contributed by atoms with van der Waals surface area (Å²) >= 11 is 0. The van der Waals surface area contributed by atoms with Crippen molar-refractivity contribution in [2.45, 2.75) is 65.2 Å². The molecule has 31 heavy (non-hydrogen) atoms. The molecular formula is C26H35NO4. The maximum atomic E-state index is 13.3. The molecule has 3 unspecified atom stereocenters. The van der Waals surface area contributed by atoms with Crippen LogP contribution in [0, 0.1) is 35.5 Å². The van der Waals surface area contributed by atoms with Crippen molar-refractivity contribution in [1.29, 1.82) is 0 Å². The van der Waals surface area contributed by atoms with Gasteiger partial charge in [0.15, 0.2) is 0 Å². The van der Waals surface area contributed by atoms with E-state index in [4.69, 9.17) is 9.47 Å². The molecule has 3 aliphatic carbocycles. The standard InChI is InChI=1S/C26H35NO4/c1-16(2)21-12-9-17(3)13-22(21)31-25(28)23-19-10-11-20(14-19)24(23)27-26(29)30-15-18-7-5-4-6-8-18/h4-8,10-11,16-17,19-24H,9,12-15H2,1-3H3,(H,27,29)/t17?,19-,20+,21?,22?,23-,24-/m0/s1. The second kappa shape index (κ2) is 9.46. The zero-order valence-electron chi connectivity index (χ0n) is 18.8. The molecule has 2 saturated carbocycles. The number of carbonyl (C=O) groups excluding carboxylic acids is 2. The van der Waals surface area contributed by atoms with E-state index in [0.717, 1.165) is 24.8 Å². The fourth-order valence-corrected chi connectivity index (χ4v) is 5.72. The first kappa shape index (κ1) is 21.9. The highest BCUT2D eigenvalue weighted by atomic mass is 16.6. The first-order chi connectivity index (χ1) is 14.9. The highest BCUT2D eigenvalue weighted by Gasteiger charge is 2.50. The van der Waals surface area contributed by atoms with Crippen LogP contribution in [0.3, 0.4) is 0 Å². The molecule has 3 aliphatic rings. The largest absolute Gasteiger partial charge is 0.462 e. The van der Waals surface area contributed by atoms with Gasteiger partial charge in [0.25, 0.3) is 0 Å². The van der Waals surface area contributed by atoms with E-state index in [1.165, 1.54) is 6.42 Å². The third-order valence-electron chi connectivity index (χ3n) is 7.46. The predicted octanol–water partition coefficient (Wildman–Crippen LogP) is 5.11. The number of fused-ring (bicyclic) bond motifs is 2. The van der Waals surface area contributed by atoms with Crippen molar-refractivity contribution < 1.29 is 19.1 Å². The number of nitrogens with one attached hydrogen (secondary N) is 1. The van der Waals surface area contributed by atoms with E-state index < -0.39 is 6.09 Å². The summed E-state index contributed by atoms with van der Waals surface area (Å²) < 4.78 is 11.6. The van der Waals surface area contributed by atoms with Gasteiger partial charge in [-0.15, -0.1) is 0 Å². The van der Waals surface area contributed by atoms with Crippen molar-refractivity contribution in [3.63, 3.8) is 0 Å². The fourth-order valence-electron chi connectivity index (χ4n) is 5.72. The molecule has 2 bridgehead atoms. The van der Waals surface area contributed by atoms with Gasteiger partial charge >= 0.3 is 12.1 Å². The zero-order valence-corrected chi connectivity index (χ0v) is 18.8. The van der Waals surface area contributed by atoms with Crippen molar-refractivity contribution in [3.8, 4) is 0 Å². The summed E-state index contributed by atoms with van der Waals surface area (Å²) in [5.41, 5.74) is 0.938. The van der Waals surface area contributed by atoms with E-state index in [1.807, 2.05) is 30.3 Å². The zero-order chi connectivity index (χ0) is 22.0. The van der Waals surface area contributed by atoms with E-state index in [1.54, 1.807) is 0 Å². The molecule has 168 valence electrons. The van der Waals surface area contributed by atoms with Gasteiger partial charge in [0.05, 0.1) is 12.0 Å². The number of allylic oxidation sites excluding steroid dienone is 1. The molecule has 1 amide bonds. The van der Waals surface area contributed by atoms with Crippen molar-refractivity contribution >= 4 is 12.1 Å². The van der Waals surface area contributed by atoms with Gasteiger partial charge < -0.3 is 14.8 Å². The van der Waals surface area contributed by atoms with Crippen molar-refractivity contribution in [2.75, 3.05) is 0 Å². The second-order valence-electron chi connectivity index (χ2n) is 10.0. The SMILES string of the molecule is CC1CCC(C(C)C)C(OC(=O)[C@@H]2[C@@H](NC(=O)OCc3ccccc3)[C@@H]3C=C[C@H]2C3)C1. The van der Waals surface area contributed by atoms with Crippen LogP contribution in [0.15, 0.2) is 42.5 Å². The van der Waals surface area contributed by atoms with Gasteiger partial charge in [0, 0.05) is 0 Å². The minimum absolute atomic E-state index is 0.0231. The lowest BCUT2D eigenvalue weighted by Gasteiger charge is -2.38. The monoisotopic (exact) mass is 425 g/mol. The van der Waals surface area contributed by atoms with Crippen LogP contribution >= 0.6 is 0 Å². The summed E-state index contributed by atoms with van der Waals surface area (Å²) in [6, 6.07) is 9.34. The number of rotatable bonds is 6. The lowest BCUT2D eigenvalue weighted by atomic mass is 9.75. The van der Waals surface area contributed by atoms with E-state index in [0.29, 0.717) is 17.8 Å².